The summed E-state index contributed by atoms with van der Waals surface area (Å²) in [6.07, 6.45) is 4.02. The molecular formula is C15H20N4O2S. The number of likely N-dealkylation sites (N-methyl/N-ethyl adjacent to an activating group) is 1. The molecule has 0 unspecified atom stereocenters. The molecule has 0 bridgehead atoms. The maximum Gasteiger partial charge on any atom is 0.315 e. The number of hydrogen-bond donors (Lipinski definition) is 1. The molecule has 1 N–H and O–H groups in total. The van der Waals surface area contributed by atoms with Gasteiger partial charge in [-0.05, 0) is 7.05 Å². The van der Waals surface area contributed by atoms with Crippen molar-refractivity contribution in [1.82, 2.24) is 14.8 Å². The van der Waals surface area contributed by atoms with E-state index in [0.717, 1.165) is 30.1 Å². The van der Waals surface area contributed by atoms with E-state index in [-0.39, 0.29) is 0 Å². The summed E-state index contributed by atoms with van der Waals surface area (Å²) >= 11 is 1.43. The smallest absolute Gasteiger partial charge is 0.315 e. The van der Waals surface area contributed by atoms with E-state index >= 15 is 0 Å². The molecule has 0 aromatic carbocycles. The number of anilines is 1. The number of aromatic nitrogens is 1. The molecule has 0 saturated carbocycles. The van der Waals surface area contributed by atoms with Crippen LogP contribution in [0.25, 0.3) is 0 Å². The topological polar surface area (TPSA) is 65.5 Å². The third-order valence-electron chi connectivity index (χ3n) is 3.32. The van der Waals surface area contributed by atoms with Crippen LogP contribution in [-0.2, 0) is 22.6 Å². The van der Waals surface area contributed by atoms with Gasteiger partial charge in [0, 0.05) is 37.5 Å². The van der Waals surface area contributed by atoms with Crippen molar-refractivity contribution in [3.8, 4) is 0 Å². The van der Waals surface area contributed by atoms with Crippen molar-refractivity contribution in [1.29, 1.82) is 0 Å². The van der Waals surface area contributed by atoms with Gasteiger partial charge in [-0.1, -0.05) is 12.2 Å². The van der Waals surface area contributed by atoms with E-state index in [1.165, 1.54) is 16.2 Å². The normalized spacial score (nSPS) is 14.0. The van der Waals surface area contributed by atoms with Crippen LogP contribution < -0.4 is 5.32 Å². The zero-order valence-electron chi connectivity index (χ0n) is 12.7. The second-order valence-electron chi connectivity index (χ2n) is 5.12. The Hall–Kier alpha value is -1.99. The van der Waals surface area contributed by atoms with Crippen molar-refractivity contribution < 1.29 is 9.59 Å². The van der Waals surface area contributed by atoms with Gasteiger partial charge in [0.25, 0.3) is 0 Å². The highest BCUT2D eigenvalue weighted by molar-refractivity contribution is 7.16. The first-order valence-electron chi connectivity index (χ1n) is 7.04. The molecule has 118 valence electrons. The van der Waals surface area contributed by atoms with Crippen LogP contribution in [0.2, 0.25) is 0 Å². The van der Waals surface area contributed by atoms with Crippen molar-refractivity contribution in [2.45, 2.75) is 13.0 Å². The van der Waals surface area contributed by atoms with Gasteiger partial charge in [0.15, 0.2) is 5.13 Å². The Morgan fingerprint density at radius 3 is 2.73 bits per heavy atom. The molecule has 0 saturated heterocycles. The molecule has 0 fully saturated rings. The highest BCUT2D eigenvalue weighted by Crippen LogP contribution is 2.27. The summed E-state index contributed by atoms with van der Waals surface area (Å²) in [6, 6.07) is 0. The Bertz CT molecular complexity index is 586. The lowest BCUT2D eigenvalue weighted by Gasteiger charge is -2.20. The zero-order chi connectivity index (χ0) is 16.1. The largest absolute Gasteiger partial charge is 0.327 e. The van der Waals surface area contributed by atoms with Crippen molar-refractivity contribution in [3.63, 3.8) is 0 Å². The third-order valence-corrected chi connectivity index (χ3v) is 4.32. The second-order valence-corrected chi connectivity index (χ2v) is 6.20. The number of amides is 2. The average molecular weight is 320 g/mol. The summed E-state index contributed by atoms with van der Waals surface area (Å²) in [5.41, 5.74) is 1.01. The van der Waals surface area contributed by atoms with Crippen LogP contribution in [0, 0.1) is 0 Å². The summed E-state index contributed by atoms with van der Waals surface area (Å²) in [6.45, 7) is 9.56. The monoisotopic (exact) mass is 320 g/mol. The van der Waals surface area contributed by atoms with Crippen LogP contribution in [0.4, 0.5) is 5.13 Å². The van der Waals surface area contributed by atoms with Crippen molar-refractivity contribution >= 4 is 28.3 Å². The fraction of sp³-hybridized carbons (Fsp3) is 0.400. The van der Waals surface area contributed by atoms with Gasteiger partial charge in [0.05, 0.1) is 5.69 Å². The molecule has 0 spiro atoms. The van der Waals surface area contributed by atoms with Crippen molar-refractivity contribution in [3.05, 3.63) is 35.9 Å². The molecule has 0 atom stereocenters. The number of hydrogen-bond acceptors (Lipinski definition) is 5. The van der Waals surface area contributed by atoms with Gasteiger partial charge < -0.3 is 9.80 Å². The number of carbonyl (C=O) groups excluding carboxylic acids is 2. The van der Waals surface area contributed by atoms with Gasteiger partial charge >= 0.3 is 11.8 Å². The van der Waals surface area contributed by atoms with Gasteiger partial charge in [-0.2, -0.15) is 0 Å². The molecule has 22 heavy (non-hydrogen) atoms. The molecule has 1 aromatic rings. The number of carbonyl (C=O) groups is 2. The highest BCUT2D eigenvalue weighted by atomic mass is 32.1. The maximum absolute atomic E-state index is 12.1. The van der Waals surface area contributed by atoms with E-state index in [2.05, 4.69) is 28.4 Å². The minimum atomic E-state index is -0.678. The molecule has 7 heteroatoms. The molecule has 2 rings (SSSR count). The Kier molecular flexibility index (Phi) is 5.46. The summed E-state index contributed by atoms with van der Waals surface area (Å²) in [5, 5.41) is 3.08. The molecule has 2 amide bonds. The molecule has 2 heterocycles. The molecule has 1 aromatic heterocycles. The second kappa shape index (κ2) is 7.33. The van der Waals surface area contributed by atoms with Crippen molar-refractivity contribution in [2.24, 2.45) is 0 Å². The van der Waals surface area contributed by atoms with E-state index in [0.29, 0.717) is 18.2 Å². The van der Waals surface area contributed by atoms with Gasteiger partial charge in [-0.3, -0.25) is 14.9 Å². The molecular weight excluding hydrogens is 300 g/mol. The highest BCUT2D eigenvalue weighted by Gasteiger charge is 2.23. The molecule has 1 aliphatic rings. The Labute approximate surface area is 134 Å². The average Bonchev–Trinajstić information content (AvgIpc) is 2.87. The van der Waals surface area contributed by atoms with Gasteiger partial charge in [-0.15, -0.1) is 24.5 Å². The van der Waals surface area contributed by atoms with Crippen molar-refractivity contribution in [2.75, 3.05) is 32.0 Å². The minimum Gasteiger partial charge on any atom is -0.327 e. The first kappa shape index (κ1) is 16.4. The maximum atomic E-state index is 12.1. The third kappa shape index (κ3) is 3.80. The lowest BCUT2D eigenvalue weighted by Crippen LogP contribution is -2.39. The van der Waals surface area contributed by atoms with Crippen LogP contribution >= 0.6 is 11.3 Å². The molecule has 1 aliphatic heterocycles. The van der Waals surface area contributed by atoms with Gasteiger partial charge in [-0.25, -0.2) is 4.98 Å². The SMILES string of the molecule is C=CCN(CC=C)C(=O)C(=O)Nc1nc2c(s1)CN(C)CC2. The lowest BCUT2D eigenvalue weighted by molar-refractivity contribution is -0.142. The molecule has 0 aliphatic carbocycles. The fourth-order valence-electron chi connectivity index (χ4n) is 2.22. The minimum absolute atomic E-state index is 0.303. The fourth-order valence-corrected chi connectivity index (χ4v) is 3.31. The Balaban J connectivity index is 2.03. The predicted octanol–water partition coefficient (Wildman–Crippen LogP) is 1.27. The summed E-state index contributed by atoms with van der Waals surface area (Å²) in [4.78, 5) is 33.3. The zero-order valence-corrected chi connectivity index (χ0v) is 13.5. The summed E-state index contributed by atoms with van der Waals surface area (Å²) in [7, 11) is 2.05. The number of fused-ring (bicyclic) bond motifs is 1. The van der Waals surface area contributed by atoms with Crippen LogP contribution in [0.3, 0.4) is 0 Å². The molecule has 0 radical (unpaired) electrons. The predicted molar refractivity (Wildman–Crippen MR) is 87.8 cm³/mol. The van der Waals surface area contributed by atoms with Crippen LogP contribution in [0.5, 0.6) is 0 Å². The summed E-state index contributed by atoms with van der Waals surface area (Å²) < 4.78 is 0. The number of nitrogens with zero attached hydrogens (tertiary/aromatic N) is 3. The van der Waals surface area contributed by atoms with E-state index in [4.69, 9.17) is 0 Å². The Morgan fingerprint density at radius 1 is 1.41 bits per heavy atom. The Morgan fingerprint density at radius 2 is 2.09 bits per heavy atom. The standard InChI is InChI=1S/C15H20N4O2S/c1-4-7-19(8-5-2)14(21)13(20)17-15-16-11-6-9-18(3)10-12(11)22-15/h4-5H,1-2,6-10H2,3H3,(H,16,17,20). The van der Waals surface area contributed by atoms with E-state index in [9.17, 15) is 9.59 Å². The number of rotatable bonds is 5. The molecule has 6 nitrogen and oxygen atoms in total. The van der Waals surface area contributed by atoms with Gasteiger partial charge in [0.2, 0.25) is 0 Å². The number of nitrogens with one attached hydrogen (secondary N) is 1. The quantitative estimate of drug-likeness (QED) is 0.655. The van der Waals surface area contributed by atoms with Gasteiger partial charge in [0.1, 0.15) is 0 Å². The number of thiazole rings is 1. The van der Waals surface area contributed by atoms with Crippen LogP contribution in [-0.4, -0.2) is 53.3 Å². The summed E-state index contributed by atoms with van der Waals surface area (Å²) in [5.74, 6) is -1.28. The first-order chi connectivity index (χ1) is 10.5. The van der Waals surface area contributed by atoms with E-state index < -0.39 is 11.8 Å². The van der Waals surface area contributed by atoms with E-state index in [1.54, 1.807) is 12.2 Å². The lowest BCUT2D eigenvalue weighted by atomic mass is 10.2. The van der Waals surface area contributed by atoms with Crippen LogP contribution in [0.15, 0.2) is 25.3 Å². The van der Waals surface area contributed by atoms with E-state index in [1.807, 2.05) is 7.05 Å². The van der Waals surface area contributed by atoms with Crippen LogP contribution in [0.1, 0.15) is 10.6 Å². The first-order valence-corrected chi connectivity index (χ1v) is 7.86.